The summed E-state index contributed by atoms with van der Waals surface area (Å²) >= 11 is 0. The summed E-state index contributed by atoms with van der Waals surface area (Å²) in [5, 5.41) is 67.9. The van der Waals surface area contributed by atoms with E-state index < -0.39 is 48.5 Å². The number of amides is 1. The van der Waals surface area contributed by atoms with Crippen molar-refractivity contribution in [3.8, 4) is 61.8 Å². The minimum Gasteiger partial charge on any atom is -0.504 e. The number of methoxy groups -OCH3 is 2. The van der Waals surface area contributed by atoms with E-state index in [1.165, 1.54) is 30.4 Å². The second-order valence-electron chi connectivity index (χ2n) is 27.4. The van der Waals surface area contributed by atoms with Crippen molar-refractivity contribution in [1.82, 2.24) is 0 Å². The van der Waals surface area contributed by atoms with Gasteiger partial charge in [0.25, 0.3) is 0 Å². The fraction of sp³-hybridized carbons (Fsp3) is 0.160. The third-order valence-corrected chi connectivity index (χ3v) is 21.3. The molecule has 0 saturated heterocycles. The molecule has 3 aliphatic heterocycles. The van der Waals surface area contributed by atoms with Gasteiger partial charge in [0.1, 0.15) is 82.3 Å². The van der Waals surface area contributed by atoms with Crippen molar-refractivity contribution in [2.45, 2.75) is 62.0 Å². The number of hydrogen-bond donors (Lipinski definition) is 8. The van der Waals surface area contributed by atoms with Crippen LogP contribution in [0, 0.1) is 0 Å². The number of aliphatic hydroxyl groups excluding tert-OH is 5. The van der Waals surface area contributed by atoms with Gasteiger partial charge in [-0.15, -0.1) is 0 Å². The predicted molar refractivity (Wildman–Crippen MR) is 450 cm³/mol. The maximum Gasteiger partial charge on any atom is 0.335 e. The van der Waals surface area contributed by atoms with Gasteiger partial charge in [0.2, 0.25) is 17.1 Å². The molecule has 0 atom stereocenters. The van der Waals surface area contributed by atoms with Crippen LogP contribution in [-0.4, -0.2) is 104 Å². The van der Waals surface area contributed by atoms with Gasteiger partial charge in [0, 0.05) is 60.3 Å². The molecule has 602 valence electrons. The molecule has 0 aliphatic carbocycles. The largest absolute Gasteiger partial charge is 0.504 e. The van der Waals surface area contributed by atoms with E-state index in [0.29, 0.717) is 96.0 Å². The van der Waals surface area contributed by atoms with Crippen molar-refractivity contribution < 1.29 is 90.3 Å². The lowest BCUT2D eigenvalue weighted by Crippen LogP contribution is -2.13. The predicted octanol–water partition coefficient (Wildman–Crippen LogP) is 17.2. The zero-order chi connectivity index (χ0) is 83.9. The summed E-state index contributed by atoms with van der Waals surface area (Å²) in [5.41, 5.74) is 19.1. The lowest BCUT2D eigenvalue weighted by molar-refractivity contribution is 0.0696. The summed E-state index contributed by atoms with van der Waals surface area (Å²) in [6.45, 7) is 10.8. The summed E-state index contributed by atoms with van der Waals surface area (Å²) in [7, 11) is -3.65. The van der Waals surface area contributed by atoms with E-state index in [4.69, 9.17) is 38.9 Å². The van der Waals surface area contributed by atoms with Crippen LogP contribution < -0.4 is 20.6 Å². The first-order chi connectivity index (χ1) is 56.0. The Morgan fingerprint density at radius 2 is 0.735 bits per heavy atom. The Hall–Kier alpha value is -13.5. The van der Waals surface area contributed by atoms with Gasteiger partial charge in [-0.25, -0.2) is 21.6 Å². The summed E-state index contributed by atoms with van der Waals surface area (Å²) in [5.74, 6) is 1.31. The van der Waals surface area contributed by atoms with Crippen LogP contribution in [-0.2, 0) is 71.7 Å². The van der Waals surface area contributed by atoms with Crippen LogP contribution in [0.4, 0.5) is 0 Å². The summed E-state index contributed by atoms with van der Waals surface area (Å²) in [6.07, 6.45) is 9.79. The Labute approximate surface area is 679 Å². The van der Waals surface area contributed by atoms with E-state index in [-0.39, 0.29) is 70.4 Å². The number of nitrogens with two attached hydrogens (primary N) is 1. The highest BCUT2D eigenvalue weighted by molar-refractivity contribution is 7.91. The molecule has 4 heterocycles. The Bertz CT molecular complexity index is 5590. The SMILES string of the molecule is C=C1C=C(CO)OC(CCc2ccc(-c3ccc(C(=O)O)cc3)cc2)=C1O.C=C1C=C(CO)OC(CCc2ccc(-c3ccc(C(N)=O)cc3)cc2)=C1O.C=C1C=C(CS(C)(=O)=O)OC(CCc2ccc(-c3ccc(OC)cc3)cc2)=C1O.COc1ccc(-c2ccc(CCc3oc(CS(=O)(=O)c4ccccc4)cc(=O)c3O)cc2)cc1. The number of carbonyl (C=O) groups excluding carboxylic acids is 1. The van der Waals surface area contributed by atoms with Gasteiger partial charge in [0.05, 0.1) is 24.7 Å². The van der Waals surface area contributed by atoms with Gasteiger partial charge in [-0.1, -0.05) is 184 Å². The molecule has 0 fully saturated rings. The molecule has 0 saturated carbocycles. The third kappa shape index (κ3) is 24.3. The lowest BCUT2D eigenvalue weighted by Gasteiger charge is -2.20. The van der Waals surface area contributed by atoms with E-state index in [1.807, 2.05) is 158 Å². The Morgan fingerprint density at radius 3 is 1.06 bits per heavy atom. The normalized spacial score (nSPS) is 13.3. The maximum absolute atomic E-state index is 12.6. The molecular weight excluding hydrogens is 1530 g/mol. The molecular formula is C94H89NO20S2. The second-order valence-corrected chi connectivity index (χ2v) is 31.5. The Morgan fingerprint density at radius 1 is 0.419 bits per heavy atom. The van der Waals surface area contributed by atoms with Gasteiger partial charge >= 0.3 is 5.97 Å². The van der Waals surface area contributed by atoms with Crippen LogP contribution in [0.2, 0.25) is 0 Å². The number of carboxylic acids is 1. The molecule has 1 aromatic heterocycles. The summed E-state index contributed by atoms with van der Waals surface area (Å²) in [4.78, 5) is 34.4. The van der Waals surface area contributed by atoms with Gasteiger partial charge in [-0.2, -0.15) is 0 Å². The highest BCUT2D eigenvalue weighted by atomic mass is 32.2. The van der Waals surface area contributed by atoms with Gasteiger partial charge in [-0.05, 0) is 171 Å². The van der Waals surface area contributed by atoms with E-state index in [2.05, 4.69) is 19.7 Å². The van der Waals surface area contributed by atoms with Crippen LogP contribution in [0.25, 0.3) is 44.5 Å². The molecule has 13 rings (SSSR count). The van der Waals surface area contributed by atoms with Crippen molar-refractivity contribution in [2.24, 2.45) is 5.73 Å². The van der Waals surface area contributed by atoms with Crippen molar-refractivity contribution in [2.75, 3.05) is 39.4 Å². The van der Waals surface area contributed by atoms with Crippen LogP contribution in [0.15, 0.2) is 351 Å². The van der Waals surface area contributed by atoms with Crippen LogP contribution in [0.1, 0.15) is 73.8 Å². The maximum atomic E-state index is 12.6. The molecule has 0 unspecified atom stereocenters. The van der Waals surface area contributed by atoms with E-state index in [9.17, 15) is 61.9 Å². The molecule has 9 aromatic carbocycles. The van der Waals surface area contributed by atoms with Gasteiger partial charge < -0.3 is 69.6 Å². The average Bonchev–Trinajstić information content (AvgIpc) is 0.825. The first-order valence-corrected chi connectivity index (χ1v) is 40.7. The number of aromatic hydroxyl groups is 1. The molecule has 117 heavy (non-hydrogen) atoms. The number of hydrogen-bond acceptors (Lipinski definition) is 19. The van der Waals surface area contributed by atoms with E-state index in [1.54, 1.807) is 68.8 Å². The van der Waals surface area contributed by atoms with Crippen molar-refractivity contribution in [1.29, 1.82) is 0 Å². The molecule has 3 aliphatic rings. The smallest absolute Gasteiger partial charge is 0.335 e. The number of sulfone groups is 2. The zero-order valence-electron chi connectivity index (χ0n) is 64.6. The Balaban J connectivity index is 0.000000165. The molecule has 1 amide bonds. The van der Waals surface area contributed by atoms with Crippen LogP contribution in [0.3, 0.4) is 0 Å². The Kier molecular flexibility index (Phi) is 29.4. The molecule has 0 spiro atoms. The number of primary amides is 1. The average molecular weight is 1620 g/mol. The number of aryl methyl sites for hydroxylation is 5. The molecule has 21 nitrogen and oxygen atoms in total. The number of aliphatic hydroxyl groups is 5. The van der Waals surface area contributed by atoms with E-state index >= 15 is 0 Å². The molecule has 0 radical (unpaired) electrons. The monoisotopic (exact) mass is 1620 g/mol. The fourth-order valence-electron chi connectivity index (χ4n) is 12.4. The first-order valence-electron chi connectivity index (χ1n) is 37.0. The van der Waals surface area contributed by atoms with Gasteiger partial charge in [-0.3, -0.25) is 9.59 Å². The summed E-state index contributed by atoms with van der Waals surface area (Å²) in [6, 6.07) is 70.5. The number of allylic oxidation sites excluding steroid dienone is 6. The number of aromatic carboxylic acids is 1. The molecule has 9 N–H and O–H groups in total. The van der Waals surface area contributed by atoms with Crippen LogP contribution in [0.5, 0.6) is 17.2 Å². The van der Waals surface area contributed by atoms with Gasteiger partial charge in [0.15, 0.2) is 37.0 Å². The quantitative estimate of drug-likeness (QED) is 0.0237. The topological polar surface area (TPSA) is 346 Å². The molecule has 0 bridgehead atoms. The number of carboxylic acid groups (broad SMARTS) is 1. The van der Waals surface area contributed by atoms with Crippen molar-refractivity contribution in [3.05, 3.63) is 392 Å². The third-order valence-electron chi connectivity index (χ3n) is 18.9. The first kappa shape index (κ1) is 86.0. The molecule has 23 heteroatoms. The minimum atomic E-state index is -3.68. The summed E-state index contributed by atoms with van der Waals surface area (Å²) < 4.78 is 81.0. The lowest BCUT2D eigenvalue weighted by atomic mass is 10.00. The molecule has 10 aromatic rings. The minimum absolute atomic E-state index is 0.00323. The van der Waals surface area contributed by atoms with E-state index in [0.717, 1.165) is 90.6 Å². The van der Waals surface area contributed by atoms with Crippen molar-refractivity contribution in [3.63, 3.8) is 0 Å². The second kappa shape index (κ2) is 40.0. The number of carbonyl (C=O) groups is 2. The fourth-order valence-corrected chi connectivity index (χ4v) is 14.4. The number of ether oxygens (including phenoxy) is 5. The highest BCUT2D eigenvalue weighted by Gasteiger charge is 2.24. The van der Waals surface area contributed by atoms with Crippen molar-refractivity contribution >= 4 is 31.6 Å². The zero-order valence-corrected chi connectivity index (χ0v) is 66.2. The highest BCUT2D eigenvalue weighted by Crippen LogP contribution is 2.34. The van der Waals surface area contributed by atoms with Crippen LogP contribution >= 0.6 is 0 Å². The standard InChI is InChI=1S/C27H24O6S.C23H24O5S.C22H21NO4.C22H20O5/c1-32-22-14-12-21(13-15-22)20-10-7-19(8-11-20)9-16-26-27(29)25(28)17-23(33-26)18-34(30,31)24-5-3-2-4-6-24;1-16-14-21(15-29(3,25)26)28-22(23(16)24)13-6-17-4-7-18(8-5-17)19-9-11-20(27-2)12-10-19;1-14-12-19(13-24)27-20(21(14)25)11-4-15-2-5-16(6-3-15)17-7-9-18(10-8-17)22(23)26;1-14-12-19(13-23)27-20(21(14)24)11-4-15-2-5-16(6-3-15)17-7-9-18(10-8-17)22(25)26/h2-8,10-15,17,29H,9,16,18H2,1H3;4-5,7-12,14,24H,1,6,13,15H2,2-3H3;2-3,5-10,12,24-25H,1,4,11,13H2,(H2,23,26);2-3,5-10,12,23-24H,1,4,11,13H2,(H,25,26). The number of rotatable bonds is 27. The number of benzene rings is 9.